The number of carbonyl (C=O) groups is 2. The third-order valence-corrected chi connectivity index (χ3v) is 2.67. The number of hydrogen-bond donors (Lipinski definition) is 3. The molecule has 0 bridgehead atoms. The zero-order chi connectivity index (χ0) is 16.6. The number of alkyl halides is 3. The Morgan fingerprint density at radius 3 is 2.36 bits per heavy atom. The van der Waals surface area contributed by atoms with Gasteiger partial charge in [0.05, 0.1) is 5.56 Å². The number of hydroxylamine groups is 1. The van der Waals surface area contributed by atoms with Gasteiger partial charge in [0, 0.05) is 19.0 Å². The molecule has 0 aliphatic carbocycles. The van der Waals surface area contributed by atoms with Crippen LogP contribution in [-0.2, 0) is 15.8 Å². The molecular weight excluding hydrogens is 301 g/mol. The molecule has 0 aromatic heterocycles. The van der Waals surface area contributed by atoms with Gasteiger partial charge in [-0.05, 0) is 30.2 Å². The van der Waals surface area contributed by atoms with Crippen molar-refractivity contribution in [3.8, 4) is 0 Å². The van der Waals surface area contributed by atoms with E-state index in [0.717, 1.165) is 12.1 Å². The van der Waals surface area contributed by atoms with Crippen molar-refractivity contribution >= 4 is 17.9 Å². The molecule has 120 valence electrons. The molecule has 1 rings (SSSR count). The summed E-state index contributed by atoms with van der Waals surface area (Å²) in [5.41, 5.74) is 1.18. The lowest BCUT2D eigenvalue weighted by Gasteiger charge is -2.06. The van der Waals surface area contributed by atoms with Gasteiger partial charge in [-0.25, -0.2) is 5.48 Å². The molecule has 22 heavy (non-hydrogen) atoms. The maximum Gasteiger partial charge on any atom is 0.416 e. The summed E-state index contributed by atoms with van der Waals surface area (Å²) in [6, 6.07) is 4.40. The van der Waals surface area contributed by atoms with Gasteiger partial charge >= 0.3 is 6.18 Å². The number of halogens is 3. The Hall–Kier alpha value is -2.35. The molecule has 0 unspecified atom stereocenters. The van der Waals surface area contributed by atoms with Crippen molar-refractivity contribution in [3.63, 3.8) is 0 Å². The van der Waals surface area contributed by atoms with E-state index in [1.165, 1.54) is 29.8 Å². The molecule has 0 heterocycles. The summed E-state index contributed by atoms with van der Waals surface area (Å²) >= 11 is 0. The molecule has 8 heteroatoms. The van der Waals surface area contributed by atoms with Gasteiger partial charge in [-0.15, -0.1) is 0 Å². The van der Waals surface area contributed by atoms with Gasteiger partial charge < -0.3 is 5.32 Å². The van der Waals surface area contributed by atoms with Gasteiger partial charge in [0.2, 0.25) is 11.8 Å². The van der Waals surface area contributed by atoms with Crippen molar-refractivity contribution in [3.05, 3.63) is 41.5 Å². The van der Waals surface area contributed by atoms with E-state index in [9.17, 15) is 22.8 Å². The van der Waals surface area contributed by atoms with E-state index in [1.54, 1.807) is 0 Å². The molecule has 0 spiro atoms. The van der Waals surface area contributed by atoms with Crippen LogP contribution in [0.3, 0.4) is 0 Å². The molecule has 0 radical (unpaired) electrons. The smallest absolute Gasteiger partial charge is 0.353 e. The van der Waals surface area contributed by atoms with Gasteiger partial charge in [-0.3, -0.25) is 14.8 Å². The average Bonchev–Trinajstić information content (AvgIpc) is 2.48. The van der Waals surface area contributed by atoms with Crippen LogP contribution in [0, 0.1) is 0 Å². The fraction of sp³-hybridized carbons (Fsp3) is 0.286. The Morgan fingerprint density at radius 2 is 1.82 bits per heavy atom. The Balaban J connectivity index is 2.41. The summed E-state index contributed by atoms with van der Waals surface area (Å²) in [5, 5.41) is 10.8. The Bertz CT molecular complexity index is 539. The molecule has 0 aliphatic heterocycles. The van der Waals surface area contributed by atoms with Crippen LogP contribution in [0.2, 0.25) is 0 Å². The van der Waals surface area contributed by atoms with E-state index in [4.69, 9.17) is 5.21 Å². The molecule has 0 saturated carbocycles. The molecule has 2 amide bonds. The third-order valence-electron chi connectivity index (χ3n) is 2.67. The number of amides is 2. The lowest BCUT2D eigenvalue weighted by molar-refractivity contribution is -0.137. The fourth-order valence-corrected chi connectivity index (χ4v) is 1.53. The highest BCUT2D eigenvalue weighted by molar-refractivity contribution is 5.91. The second kappa shape index (κ2) is 8.18. The van der Waals surface area contributed by atoms with Gasteiger partial charge in [-0.2, -0.15) is 13.2 Å². The highest BCUT2D eigenvalue weighted by Gasteiger charge is 2.29. The highest BCUT2D eigenvalue weighted by Crippen LogP contribution is 2.29. The predicted octanol–water partition coefficient (Wildman–Crippen LogP) is 2.12. The molecule has 5 nitrogen and oxygen atoms in total. The number of benzene rings is 1. The molecular formula is C14H15F3N2O3. The van der Waals surface area contributed by atoms with Crippen LogP contribution in [0.25, 0.3) is 6.08 Å². The molecule has 0 saturated heterocycles. The van der Waals surface area contributed by atoms with E-state index in [0.29, 0.717) is 12.0 Å². The Kier molecular flexibility index (Phi) is 6.58. The molecule has 3 N–H and O–H groups in total. The lowest BCUT2D eigenvalue weighted by atomic mass is 10.1. The normalized spacial score (nSPS) is 11.5. The van der Waals surface area contributed by atoms with Crippen molar-refractivity contribution in [1.29, 1.82) is 0 Å². The first-order chi connectivity index (χ1) is 10.3. The first-order valence-corrected chi connectivity index (χ1v) is 6.39. The maximum absolute atomic E-state index is 12.4. The van der Waals surface area contributed by atoms with Crippen LogP contribution in [0.4, 0.5) is 13.2 Å². The summed E-state index contributed by atoms with van der Waals surface area (Å²) in [5.74, 6) is -0.973. The fourth-order valence-electron chi connectivity index (χ4n) is 1.53. The molecule has 1 aromatic rings. The van der Waals surface area contributed by atoms with Crippen LogP contribution in [0.15, 0.2) is 30.3 Å². The minimum absolute atomic E-state index is 0.0688. The van der Waals surface area contributed by atoms with Crippen molar-refractivity contribution in [2.45, 2.75) is 19.0 Å². The zero-order valence-electron chi connectivity index (χ0n) is 11.5. The van der Waals surface area contributed by atoms with Gasteiger partial charge in [0.25, 0.3) is 0 Å². The quantitative estimate of drug-likeness (QED) is 0.325. The summed E-state index contributed by atoms with van der Waals surface area (Å²) in [6.07, 6.45) is -1.39. The highest BCUT2D eigenvalue weighted by atomic mass is 19.4. The summed E-state index contributed by atoms with van der Waals surface area (Å²) in [4.78, 5) is 22.1. The summed E-state index contributed by atoms with van der Waals surface area (Å²) in [7, 11) is 0. The van der Waals surface area contributed by atoms with Crippen LogP contribution >= 0.6 is 0 Å². The Labute approximate surface area is 124 Å². The molecule has 0 atom stereocenters. The molecule has 1 aromatic carbocycles. The second-order valence-electron chi connectivity index (χ2n) is 4.38. The van der Waals surface area contributed by atoms with Gasteiger partial charge in [0.15, 0.2) is 0 Å². The van der Waals surface area contributed by atoms with E-state index in [-0.39, 0.29) is 13.0 Å². The van der Waals surface area contributed by atoms with Crippen LogP contribution < -0.4 is 10.8 Å². The first kappa shape index (κ1) is 17.7. The number of rotatable bonds is 6. The van der Waals surface area contributed by atoms with Gasteiger partial charge in [0.1, 0.15) is 0 Å². The predicted molar refractivity (Wildman–Crippen MR) is 72.7 cm³/mol. The van der Waals surface area contributed by atoms with E-state index >= 15 is 0 Å². The minimum atomic E-state index is -4.39. The summed E-state index contributed by atoms with van der Waals surface area (Å²) in [6.45, 7) is 0.240. The number of carbonyl (C=O) groups excluding carboxylic acids is 2. The second-order valence-corrected chi connectivity index (χ2v) is 4.38. The van der Waals surface area contributed by atoms with Crippen molar-refractivity contribution in [2.24, 2.45) is 0 Å². The Morgan fingerprint density at radius 1 is 1.18 bits per heavy atom. The number of nitrogens with one attached hydrogen (secondary N) is 2. The topological polar surface area (TPSA) is 78.4 Å². The SMILES string of the molecule is O=C(/C=C/c1ccc(C(F)(F)F)cc1)NCCCC(=O)NO. The maximum atomic E-state index is 12.4. The van der Waals surface area contributed by atoms with E-state index in [2.05, 4.69) is 5.32 Å². The lowest BCUT2D eigenvalue weighted by Crippen LogP contribution is -2.24. The monoisotopic (exact) mass is 316 g/mol. The largest absolute Gasteiger partial charge is 0.416 e. The van der Waals surface area contributed by atoms with E-state index < -0.39 is 23.6 Å². The van der Waals surface area contributed by atoms with Crippen LogP contribution in [0.5, 0.6) is 0 Å². The molecule has 0 fully saturated rings. The zero-order valence-corrected chi connectivity index (χ0v) is 11.5. The van der Waals surface area contributed by atoms with Crippen molar-refractivity contribution in [2.75, 3.05) is 6.54 Å². The van der Waals surface area contributed by atoms with Crippen LogP contribution in [0.1, 0.15) is 24.0 Å². The van der Waals surface area contributed by atoms with E-state index in [1.807, 2.05) is 0 Å². The minimum Gasteiger partial charge on any atom is -0.353 e. The summed E-state index contributed by atoms with van der Waals surface area (Å²) < 4.78 is 37.1. The first-order valence-electron chi connectivity index (χ1n) is 6.39. The molecule has 0 aliphatic rings. The van der Waals surface area contributed by atoms with Gasteiger partial charge in [-0.1, -0.05) is 12.1 Å². The van der Waals surface area contributed by atoms with Crippen molar-refractivity contribution < 1.29 is 28.0 Å². The third kappa shape index (κ3) is 6.40. The standard InChI is InChI=1S/C14H15F3N2O3/c15-14(16,17)11-6-3-10(4-7-11)5-8-12(20)18-9-1-2-13(21)19-22/h3-8,22H,1-2,9H2,(H,18,20)(H,19,21)/b8-5+. The van der Waals surface area contributed by atoms with Crippen LogP contribution in [-0.4, -0.2) is 23.6 Å². The average molecular weight is 316 g/mol. The number of hydrogen-bond acceptors (Lipinski definition) is 3. The van der Waals surface area contributed by atoms with Crippen molar-refractivity contribution in [1.82, 2.24) is 10.8 Å².